The molecular formula is C24H18ClFN6O3. The van der Waals surface area contributed by atoms with Gasteiger partial charge in [-0.05, 0) is 30.5 Å². The zero-order valence-electron chi connectivity index (χ0n) is 18.1. The van der Waals surface area contributed by atoms with Gasteiger partial charge in [0.2, 0.25) is 5.43 Å². The molecule has 1 aliphatic carbocycles. The van der Waals surface area contributed by atoms with Gasteiger partial charge >= 0.3 is 6.01 Å². The van der Waals surface area contributed by atoms with Crippen LogP contribution in [-0.2, 0) is 0 Å². The zero-order chi connectivity index (χ0) is 24.5. The fraction of sp³-hybridized carbons (Fsp3) is 0.125. The molecule has 1 saturated carbocycles. The smallest absolute Gasteiger partial charge is 0.322 e. The Labute approximate surface area is 203 Å². The van der Waals surface area contributed by atoms with Crippen LogP contribution in [0.4, 0.5) is 15.9 Å². The van der Waals surface area contributed by atoms with Crippen LogP contribution in [0.5, 0.6) is 11.8 Å². The first kappa shape index (κ1) is 22.5. The monoisotopic (exact) mass is 492 g/mol. The van der Waals surface area contributed by atoms with Crippen LogP contribution in [0, 0.1) is 5.82 Å². The van der Waals surface area contributed by atoms with Crippen molar-refractivity contribution in [2.45, 2.75) is 18.9 Å². The van der Waals surface area contributed by atoms with Gasteiger partial charge in [0, 0.05) is 36.3 Å². The normalized spacial score (nSPS) is 12.9. The summed E-state index contributed by atoms with van der Waals surface area (Å²) in [6.07, 6.45) is 9.25. The van der Waals surface area contributed by atoms with Gasteiger partial charge < -0.3 is 20.4 Å². The summed E-state index contributed by atoms with van der Waals surface area (Å²) in [4.78, 5) is 38.1. The second-order valence-electron chi connectivity index (χ2n) is 7.92. The van der Waals surface area contributed by atoms with E-state index in [0.717, 1.165) is 12.8 Å². The Morgan fingerprint density at radius 3 is 2.51 bits per heavy atom. The maximum absolute atomic E-state index is 13.4. The number of ether oxygens (including phenoxy) is 1. The van der Waals surface area contributed by atoms with Gasteiger partial charge in [0.15, 0.2) is 5.75 Å². The SMILES string of the molecule is Nc1nccc(Oc2ncc(NC(=O)c3cn(C4CC4)cc(-c4ccc(F)cc4)c3=O)cn2)c1Cl. The highest BCUT2D eigenvalue weighted by molar-refractivity contribution is 6.34. The molecule has 35 heavy (non-hydrogen) atoms. The summed E-state index contributed by atoms with van der Waals surface area (Å²) in [5.41, 5.74) is 6.25. The van der Waals surface area contributed by atoms with E-state index < -0.39 is 17.2 Å². The molecule has 0 bridgehead atoms. The minimum absolute atomic E-state index is 0.0232. The van der Waals surface area contributed by atoms with E-state index in [1.165, 1.54) is 55.1 Å². The summed E-state index contributed by atoms with van der Waals surface area (Å²) in [6.45, 7) is 0. The molecule has 0 spiro atoms. The average Bonchev–Trinajstić information content (AvgIpc) is 3.70. The van der Waals surface area contributed by atoms with Gasteiger partial charge in [-0.25, -0.2) is 19.3 Å². The van der Waals surface area contributed by atoms with Crippen LogP contribution in [0.15, 0.2) is 66.1 Å². The molecule has 1 aliphatic rings. The quantitative estimate of drug-likeness (QED) is 0.407. The first-order chi connectivity index (χ1) is 16.9. The molecule has 1 fully saturated rings. The van der Waals surface area contributed by atoms with Crippen molar-refractivity contribution < 1.29 is 13.9 Å². The number of rotatable bonds is 6. The number of halogens is 2. The van der Waals surface area contributed by atoms with E-state index in [4.69, 9.17) is 22.1 Å². The highest BCUT2D eigenvalue weighted by Crippen LogP contribution is 2.35. The number of aromatic nitrogens is 4. The minimum atomic E-state index is -0.615. The predicted octanol–water partition coefficient (Wildman–Crippen LogP) is 4.45. The second kappa shape index (κ2) is 9.15. The van der Waals surface area contributed by atoms with Crippen molar-refractivity contribution >= 4 is 29.0 Å². The van der Waals surface area contributed by atoms with Gasteiger partial charge in [0.05, 0.1) is 18.1 Å². The van der Waals surface area contributed by atoms with E-state index >= 15 is 0 Å². The molecule has 0 saturated heterocycles. The Hall–Kier alpha value is -4.31. The number of nitrogens with one attached hydrogen (secondary N) is 1. The average molecular weight is 493 g/mol. The number of pyridine rings is 2. The molecule has 4 aromatic rings. The summed E-state index contributed by atoms with van der Waals surface area (Å²) in [5, 5.41) is 2.76. The Bertz CT molecular complexity index is 1470. The van der Waals surface area contributed by atoms with Crippen molar-refractivity contribution in [3.8, 4) is 22.9 Å². The van der Waals surface area contributed by atoms with Crippen molar-refractivity contribution in [3.63, 3.8) is 0 Å². The number of carbonyl (C=O) groups excluding carboxylic acids is 1. The molecule has 3 N–H and O–H groups in total. The fourth-order valence-electron chi connectivity index (χ4n) is 3.43. The van der Waals surface area contributed by atoms with Gasteiger partial charge in [-0.15, -0.1) is 0 Å². The van der Waals surface area contributed by atoms with Crippen molar-refractivity contribution in [2.75, 3.05) is 11.1 Å². The summed E-state index contributed by atoms with van der Waals surface area (Å²) in [6, 6.07) is 7.28. The fourth-order valence-corrected chi connectivity index (χ4v) is 3.58. The van der Waals surface area contributed by atoms with E-state index in [2.05, 4.69) is 20.3 Å². The van der Waals surface area contributed by atoms with Crippen molar-refractivity contribution in [1.29, 1.82) is 0 Å². The molecular weight excluding hydrogens is 475 g/mol. The third-order valence-electron chi connectivity index (χ3n) is 5.38. The second-order valence-corrected chi connectivity index (χ2v) is 8.30. The van der Waals surface area contributed by atoms with E-state index in [-0.39, 0.29) is 39.9 Å². The van der Waals surface area contributed by atoms with Gasteiger partial charge in [0.1, 0.15) is 22.2 Å². The Balaban J connectivity index is 1.39. The Morgan fingerprint density at radius 2 is 1.83 bits per heavy atom. The number of carbonyl (C=O) groups is 1. The van der Waals surface area contributed by atoms with Crippen molar-refractivity contribution in [2.24, 2.45) is 0 Å². The first-order valence-corrected chi connectivity index (χ1v) is 11.0. The largest absolute Gasteiger partial charge is 0.422 e. The molecule has 176 valence electrons. The number of nitrogen functional groups attached to an aromatic ring is 1. The topological polar surface area (TPSA) is 125 Å². The van der Waals surface area contributed by atoms with Gasteiger partial charge in [-0.2, -0.15) is 0 Å². The molecule has 0 radical (unpaired) electrons. The zero-order valence-corrected chi connectivity index (χ0v) is 18.9. The Morgan fingerprint density at radius 1 is 1.11 bits per heavy atom. The number of amides is 1. The lowest BCUT2D eigenvalue weighted by molar-refractivity contribution is 0.102. The first-order valence-electron chi connectivity index (χ1n) is 10.6. The van der Waals surface area contributed by atoms with Crippen LogP contribution in [0.2, 0.25) is 5.02 Å². The molecule has 0 unspecified atom stereocenters. The third-order valence-corrected chi connectivity index (χ3v) is 5.76. The van der Waals surface area contributed by atoms with Crippen LogP contribution in [0.3, 0.4) is 0 Å². The van der Waals surface area contributed by atoms with Crippen molar-refractivity contribution in [3.05, 3.63) is 87.9 Å². The summed E-state index contributed by atoms with van der Waals surface area (Å²) >= 11 is 6.05. The summed E-state index contributed by atoms with van der Waals surface area (Å²) in [5.74, 6) is -0.690. The number of anilines is 2. The molecule has 9 nitrogen and oxygen atoms in total. The standard InChI is InChI=1S/C24H18ClFN6O3/c25-20-19(7-8-28-22(20)27)35-24-29-9-15(10-30-24)31-23(34)18-12-32(16-5-6-16)11-17(21(18)33)13-1-3-14(26)4-2-13/h1-4,7-12,16H,5-6H2,(H2,27,28)(H,31,34). The van der Waals surface area contributed by atoms with E-state index in [1.807, 2.05) is 4.57 Å². The van der Waals surface area contributed by atoms with Crippen LogP contribution in [0.25, 0.3) is 11.1 Å². The number of nitrogens with two attached hydrogens (primary N) is 1. The molecule has 0 aliphatic heterocycles. The van der Waals surface area contributed by atoms with Crippen LogP contribution in [-0.4, -0.2) is 25.4 Å². The number of benzene rings is 1. The highest BCUT2D eigenvalue weighted by atomic mass is 35.5. The molecule has 0 atom stereocenters. The molecule has 3 heterocycles. The number of nitrogens with zero attached hydrogens (tertiary/aromatic N) is 4. The lowest BCUT2D eigenvalue weighted by Crippen LogP contribution is -2.24. The lowest BCUT2D eigenvalue weighted by Gasteiger charge is -2.12. The predicted molar refractivity (Wildman–Crippen MR) is 128 cm³/mol. The van der Waals surface area contributed by atoms with Gasteiger partial charge in [-0.3, -0.25) is 9.59 Å². The molecule has 1 aromatic carbocycles. The Kier molecular flexibility index (Phi) is 5.87. The maximum Gasteiger partial charge on any atom is 0.322 e. The molecule has 1 amide bonds. The maximum atomic E-state index is 13.4. The summed E-state index contributed by atoms with van der Waals surface area (Å²) < 4.78 is 20.7. The summed E-state index contributed by atoms with van der Waals surface area (Å²) in [7, 11) is 0. The van der Waals surface area contributed by atoms with Gasteiger partial charge in [0.25, 0.3) is 5.91 Å². The molecule has 5 rings (SSSR count). The molecule has 11 heteroatoms. The third kappa shape index (κ3) is 4.82. The van der Waals surface area contributed by atoms with Crippen LogP contribution >= 0.6 is 11.6 Å². The number of hydrogen-bond acceptors (Lipinski definition) is 7. The van der Waals surface area contributed by atoms with Crippen LogP contribution in [0.1, 0.15) is 29.2 Å². The number of hydrogen-bond donors (Lipinski definition) is 2. The minimum Gasteiger partial charge on any atom is -0.422 e. The lowest BCUT2D eigenvalue weighted by atomic mass is 10.0. The van der Waals surface area contributed by atoms with Crippen molar-refractivity contribution in [1.82, 2.24) is 19.5 Å². The van der Waals surface area contributed by atoms with Gasteiger partial charge in [-0.1, -0.05) is 23.7 Å². The van der Waals surface area contributed by atoms with E-state index in [9.17, 15) is 14.0 Å². The van der Waals surface area contributed by atoms with Crippen LogP contribution < -0.4 is 21.2 Å². The molecule has 3 aromatic heterocycles. The van der Waals surface area contributed by atoms with E-state index in [1.54, 1.807) is 6.20 Å². The van der Waals surface area contributed by atoms with E-state index in [0.29, 0.717) is 11.1 Å². The highest BCUT2D eigenvalue weighted by Gasteiger charge is 2.26.